The molecule has 0 unspecified atom stereocenters. The number of carbonyl (C=O) groups excluding carboxylic acids is 1. The van der Waals surface area contributed by atoms with Gasteiger partial charge in [0.25, 0.3) is 0 Å². The predicted molar refractivity (Wildman–Crippen MR) is 64.9 cm³/mol. The van der Waals surface area contributed by atoms with Crippen LogP contribution in [-0.4, -0.2) is 34.1 Å². The van der Waals surface area contributed by atoms with Crippen molar-refractivity contribution in [3.8, 4) is 5.75 Å². The molecule has 0 N–H and O–H groups in total. The Balaban J connectivity index is 2.62. The molecular weight excluding hydrogens is 234 g/mol. The van der Waals surface area contributed by atoms with Crippen LogP contribution < -0.4 is 4.74 Å². The molecule has 2 rings (SSSR count). The van der Waals surface area contributed by atoms with Gasteiger partial charge in [-0.2, -0.15) is 0 Å². The van der Waals surface area contributed by atoms with Gasteiger partial charge >= 0.3 is 5.97 Å². The Morgan fingerprint density at radius 1 is 1.44 bits per heavy atom. The first-order valence-electron chi connectivity index (χ1n) is 5.79. The Labute approximate surface area is 105 Å². The number of aryl methyl sites for hydroxylation is 1. The van der Waals surface area contributed by atoms with E-state index in [0.29, 0.717) is 35.9 Å². The summed E-state index contributed by atoms with van der Waals surface area (Å²) in [5, 5.41) is 0. The molecule has 2 aromatic rings. The van der Waals surface area contributed by atoms with Crippen molar-refractivity contribution in [1.82, 2.24) is 14.4 Å². The molecule has 6 heteroatoms. The molecular formula is C12H15N3O3. The van der Waals surface area contributed by atoms with Gasteiger partial charge in [0.15, 0.2) is 11.4 Å². The lowest BCUT2D eigenvalue weighted by Gasteiger charge is -2.04. The summed E-state index contributed by atoms with van der Waals surface area (Å²) in [4.78, 5) is 20.4. The first-order chi connectivity index (χ1) is 8.71. The maximum Gasteiger partial charge on any atom is 0.357 e. The molecule has 0 aliphatic carbocycles. The predicted octanol–water partition coefficient (Wildman–Crippen LogP) is 1.48. The molecule has 0 aliphatic heterocycles. The highest BCUT2D eigenvalue weighted by Crippen LogP contribution is 2.17. The van der Waals surface area contributed by atoms with Gasteiger partial charge in [-0.1, -0.05) is 6.92 Å². The van der Waals surface area contributed by atoms with E-state index in [1.54, 1.807) is 30.8 Å². The lowest BCUT2D eigenvalue weighted by atomic mass is 10.2. The van der Waals surface area contributed by atoms with Gasteiger partial charge in [0.05, 0.1) is 31.8 Å². The van der Waals surface area contributed by atoms with Crippen LogP contribution in [0.3, 0.4) is 0 Å². The highest BCUT2D eigenvalue weighted by atomic mass is 16.5. The van der Waals surface area contributed by atoms with E-state index < -0.39 is 5.97 Å². The van der Waals surface area contributed by atoms with Gasteiger partial charge in [-0.3, -0.25) is 4.40 Å². The molecule has 0 spiro atoms. The topological polar surface area (TPSA) is 65.7 Å². The SMILES string of the molecule is CCOC(=O)c1c(CC)nc2ncc(OC)cn12. The molecule has 6 nitrogen and oxygen atoms in total. The molecule has 0 saturated heterocycles. The number of methoxy groups -OCH3 is 1. The van der Waals surface area contributed by atoms with E-state index in [2.05, 4.69) is 9.97 Å². The van der Waals surface area contributed by atoms with Gasteiger partial charge < -0.3 is 9.47 Å². The Kier molecular flexibility index (Phi) is 3.45. The number of nitrogens with zero attached hydrogens (tertiary/aromatic N) is 3. The molecule has 0 aromatic carbocycles. The summed E-state index contributed by atoms with van der Waals surface area (Å²) in [6.07, 6.45) is 3.89. The number of esters is 1. The van der Waals surface area contributed by atoms with Crippen molar-refractivity contribution in [3.63, 3.8) is 0 Å². The Morgan fingerprint density at radius 2 is 2.22 bits per heavy atom. The zero-order chi connectivity index (χ0) is 13.1. The van der Waals surface area contributed by atoms with Gasteiger partial charge in [-0.25, -0.2) is 14.8 Å². The van der Waals surface area contributed by atoms with Crippen molar-refractivity contribution in [3.05, 3.63) is 23.8 Å². The van der Waals surface area contributed by atoms with E-state index in [1.165, 1.54) is 0 Å². The van der Waals surface area contributed by atoms with Crippen molar-refractivity contribution in [2.75, 3.05) is 13.7 Å². The van der Waals surface area contributed by atoms with E-state index in [1.807, 2.05) is 6.92 Å². The van der Waals surface area contributed by atoms with Crippen LogP contribution in [-0.2, 0) is 11.2 Å². The Hall–Kier alpha value is -2.11. The second-order valence-corrected chi connectivity index (χ2v) is 3.64. The van der Waals surface area contributed by atoms with Crippen LogP contribution in [0, 0.1) is 0 Å². The fourth-order valence-corrected chi connectivity index (χ4v) is 1.73. The van der Waals surface area contributed by atoms with Crippen LogP contribution in [0.25, 0.3) is 5.78 Å². The van der Waals surface area contributed by atoms with Crippen LogP contribution in [0.2, 0.25) is 0 Å². The van der Waals surface area contributed by atoms with E-state index >= 15 is 0 Å². The highest BCUT2D eigenvalue weighted by Gasteiger charge is 2.20. The van der Waals surface area contributed by atoms with Crippen LogP contribution in [0.4, 0.5) is 0 Å². The molecule has 0 atom stereocenters. The molecule has 96 valence electrons. The number of fused-ring (bicyclic) bond motifs is 1. The van der Waals surface area contributed by atoms with Crippen LogP contribution in [0.1, 0.15) is 30.0 Å². The number of hydrogen-bond donors (Lipinski definition) is 0. The summed E-state index contributed by atoms with van der Waals surface area (Å²) >= 11 is 0. The lowest BCUT2D eigenvalue weighted by Crippen LogP contribution is -2.10. The van der Waals surface area contributed by atoms with Gasteiger partial charge in [0.2, 0.25) is 5.78 Å². The monoisotopic (exact) mass is 249 g/mol. The maximum absolute atomic E-state index is 11.9. The van der Waals surface area contributed by atoms with E-state index in [0.717, 1.165) is 0 Å². The van der Waals surface area contributed by atoms with Gasteiger partial charge in [-0.05, 0) is 13.3 Å². The lowest BCUT2D eigenvalue weighted by molar-refractivity contribution is 0.0517. The summed E-state index contributed by atoms with van der Waals surface area (Å²) in [6, 6.07) is 0. The summed E-state index contributed by atoms with van der Waals surface area (Å²) in [7, 11) is 1.55. The Bertz CT molecular complexity index is 577. The first-order valence-corrected chi connectivity index (χ1v) is 5.79. The van der Waals surface area contributed by atoms with Crippen molar-refractivity contribution >= 4 is 11.7 Å². The number of aromatic nitrogens is 3. The molecule has 2 aromatic heterocycles. The van der Waals surface area contributed by atoms with E-state index in [-0.39, 0.29) is 0 Å². The van der Waals surface area contributed by atoms with Crippen LogP contribution in [0.15, 0.2) is 12.4 Å². The van der Waals surface area contributed by atoms with Gasteiger partial charge in [0.1, 0.15) is 0 Å². The van der Waals surface area contributed by atoms with Crippen LogP contribution >= 0.6 is 0 Å². The van der Waals surface area contributed by atoms with Gasteiger partial charge in [0, 0.05) is 0 Å². The zero-order valence-corrected chi connectivity index (χ0v) is 10.6. The largest absolute Gasteiger partial charge is 0.494 e. The average Bonchev–Trinajstić information content (AvgIpc) is 2.76. The molecule has 18 heavy (non-hydrogen) atoms. The van der Waals surface area contributed by atoms with Crippen molar-refractivity contribution in [1.29, 1.82) is 0 Å². The quantitative estimate of drug-likeness (QED) is 0.768. The maximum atomic E-state index is 11.9. The summed E-state index contributed by atoms with van der Waals surface area (Å²) in [5.41, 5.74) is 1.09. The smallest absolute Gasteiger partial charge is 0.357 e. The summed E-state index contributed by atoms with van der Waals surface area (Å²) in [5.74, 6) is 0.640. The number of ether oxygens (including phenoxy) is 2. The number of rotatable bonds is 4. The highest BCUT2D eigenvalue weighted by molar-refractivity contribution is 5.90. The standard InChI is InChI=1S/C12H15N3O3/c1-4-9-10(11(16)18-5-2)15-7-8(17-3)6-13-12(15)14-9/h6-7H,4-5H2,1-3H3. The van der Waals surface area contributed by atoms with Crippen molar-refractivity contribution in [2.24, 2.45) is 0 Å². The minimum absolute atomic E-state index is 0.326. The van der Waals surface area contributed by atoms with Crippen molar-refractivity contribution in [2.45, 2.75) is 20.3 Å². The normalized spacial score (nSPS) is 10.6. The molecule has 0 radical (unpaired) electrons. The third kappa shape index (κ3) is 2.01. The second kappa shape index (κ2) is 5.03. The number of imidazole rings is 1. The van der Waals surface area contributed by atoms with E-state index in [9.17, 15) is 4.79 Å². The van der Waals surface area contributed by atoms with Crippen LogP contribution in [0.5, 0.6) is 5.75 Å². The molecule has 0 amide bonds. The zero-order valence-electron chi connectivity index (χ0n) is 10.6. The Morgan fingerprint density at radius 3 is 2.83 bits per heavy atom. The van der Waals surface area contributed by atoms with E-state index in [4.69, 9.17) is 9.47 Å². The molecule has 0 aliphatic rings. The first kappa shape index (κ1) is 12.3. The number of hydrogen-bond acceptors (Lipinski definition) is 5. The minimum Gasteiger partial charge on any atom is -0.494 e. The molecule has 2 heterocycles. The van der Waals surface area contributed by atoms with Gasteiger partial charge in [-0.15, -0.1) is 0 Å². The molecule has 0 saturated carbocycles. The summed E-state index contributed by atoms with van der Waals surface area (Å²) in [6.45, 7) is 4.03. The molecule has 0 bridgehead atoms. The fraction of sp³-hybridized carbons (Fsp3) is 0.417. The third-order valence-corrected chi connectivity index (χ3v) is 2.57. The van der Waals surface area contributed by atoms with Crippen molar-refractivity contribution < 1.29 is 14.3 Å². The minimum atomic E-state index is -0.392. The second-order valence-electron chi connectivity index (χ2n) is 3.64. The fourth-order valence-electron chi connectivity index (χ4n) is 1.73. The molecule has 0 fully saturated rings. The number of carbonyl (C=O) groups is 1. The third-order valence-electron chi connectivity index (χ3n) is 2.57. The summed E-state index contributed by atoms with van der Waals surface area (Å²) < 4.78 is 11.7. The average molecular weight is 249 g/mol.